The second kappa shape index (κ2) is 8.62. The van der Waals surface area contributed by atoms with Crippen LogP contribution in [0.5, 0.6) is 0 Å². The number of hydrogen-bond acceptors (Lipinski definition) is 4. The molecule has 1 aliphatic rings. The molecule has 7 nitrogen and oxygen atoms in total. The minimum atomic E-state index is -1.08. The molecule has 0 aliphatic carbocycles. The van der Waals surface area contributed by atoms with Crippen molar-refractivity contribution < 1.29 is 19.5 Å². The maximum atomic E-state index is 12.4. The van der Waals surface area contributed by atoms with Crippen molar-refractivity contribution in [3.05, 3.63) is 35.9 Å². The first kappa shape index (κ1) is 18.9. The molecule has 2 N–H and O–H groups in total. The molecule has 0 radical (unpaired) electrons. The largest absolute Gasteiger partial charge is 0.480 e. The van der Waals surface area contributed by atoms with Gasteiger partial charge in [0.15, 0.2) is 0 Å². The van der Waals surface area contributed by atoms with Gasteiger partial charge in [0.25, 0.3) is 0 Å². The minimum absolute atomic E-state index is 0.0584. The van der Waals surface area contributed by atoms with Gasteiger partial charge in [0.2, 0.25) is 11.8 Å². The lowest BCUT2D eigenvalue weighted by molar-refractivity contribution is -0.142. The number of carboxylic acids is 1. The number of likely N-dealkylation sites (tertiary alicyclic amines) is 1. The molecular formula is C18H25N3O4. The fourth-order valence-electron chi connectivity index (χ4n) is 2.82. The highest BCUT2D eigenvalue weighted by molar-refractivity contribution is 5.91. The van der Waals surface area contributed by atoms with Crippen LogP contribution in [-0.4, -0.2) is 72.5 Å². The van der Waals surface area contributed by atoms with Gasteiger partial charge in [0.05, 0.1) is 5.92 Å². The first-order valence-corrected chi connectivity index (χ1v) is 8.36. The van der Waals surface area contributed by atoms with E-state index in [1.807, 2.05) is 49.3 Å². The van der Waals surface area contributed by atoms with Gasteiger partial charge < -0.3 is 20.2 Å². The molecule has 1 aliphatic heterocycles. The van der Waals surface area contributed by atoms with Gasteiger partial charge in [-0.2, -0.15) is 0 Å². The molecule has 2 rings (SSSR count). The zero-order chi connectivity index (χ0) is 18.4. The van der Waals surface area contributed by atoms with Crippen LogP contribution >= 0.6 is 0 Å². The van der Waals surface area contributed by atoms with Crippen molar-refractivity contribution in [2.45, 2.75) is 18.9 Å². The number of likely N-dealkylation sites (N-methyl/N-ethyl adjacent to an activating group) is 1. The number of benzene rings is 1. The Hall–Kier alpha value is -2.41. The van der Waals surface area contributed by atoms with Gasteiger partial charge in [-0.1, -0.05) is 30.3 Å². The van der Waals surface area contributed by atoms with E-state index in [2.05, 4.69) is 5.32 Å². The van der Waals surface area contributed by atoms with Gasteiger partial charge >= 0.3 is 5.97 Å². The Morgan fingerprint density at radius 3 is 2.60 bits per heavy atom. The topological polar surface area (TPSA) is 89.9 Å². The minimum Gasteiger partial charge on any atom is -0.480 e. The van der Waals surface area contributed by atoms with E-state index in [9.17, 15) is 19.5 Å². The van der Waals surface area contributed by atoms with Gasteiger partial charge in [-0.25, -0.2) is 4.79 Å². The maximum absolute atomic E-state index is 12.4. The van der Waals surface area contributed by atoms with E-state index in [-0.39, 0.29) is 24.7 Å². The number of nitrogens with zero attached hydrogens (tertiary/aromatic N) is 2. The monoisotopic (exact) mass is 347 g/mol. The van der Waals surface area contributed by atoms with Crippen molar-refractivity contribution in [1.29, 1.82) is 0 Å². The molecule has 7 heteroatoms. The molecule has 0 aromatic heterocycles. The van der Waals surface area contributed by atoms with Crippen LogP contribution in [0.3, 0.4) is 0 Å². The van der Waals surface area contributed by atoms with Gasteiger partial charge in [-0.15, -0.1) is 0 Å². The van der Waals surface area contributed by atoms with E-state index in [1.165, 1.54) is 0 Å². The number of rotatable bonds is 8. The quantitative estimate of drug-likeness (QED) is 0.702. The van der Waals surface area contributed by atoms with E-state index in [1.54, 1.807) is 4.90 Å². The zero-order valence-corrected chi connectivity index (χ0v) is 14.6. The highest BCUT2D eigenvalue weighted by Crippen LogP contribution is 2.18. The summed E-state index contributed by atoms with van der Waals surface area (Å²) < 4.78 is 0. The predicted octanol–water partition coefficient (Wildman–Crippen LogP) is 0.209. The van der Waals surface area contributed by atoms with Crippen LogP contribution in [0.25, 0.3) is 0 Å². The Balaban J connectivity index is 1.92. The Kier molecular flexibility index (Phi) is 6.52. The summed E-state index contributed by atoms with van der Waals surface area (Å²) in [5.74, 6) is -2.00. The number of amides is 2. The zero-order valence-electron chi connectivity index (χ0n) is 14.6. The summed E-state index contributed by atoms with van der Waals surface area (Å²) >= 11 is 0. The fourth-order valence-corrected chi connectivity index (χ4v) is 2.82. The molecule has 1 unspecified atom stereocenters. The smallest absolute Gasteiger partial charge is 0.326 e. The Labute approximate surface area is 147 Å². The van der Waals surface area contributed by atoms with Crippen LogP contribution in [0.2, 0.25) is 0 Å². The van der Waals surface area contributed by atoms with E-state index in [0.717, 1.165) is 12.1 Å². The van der Waals surface area contributed by atoms with Crippen molar-refractivity contribution in [1.82, 2.24) is 15.1 Å². The van der Waals surface area contributed by atoms with Crippen molar-refractivity contribution in [3.8, 4) is 0 Å². The van der Waals surface area contributed by atoms with Crippen LogP contribution in [-0.2, 0) is 20.8 Å². The summed E-state index contributed by atoms with van der Waals surface area (Å²) in [6.45, 7) is 1.64. The van der Waals surface area contributed by atoms with Crippen LogP contribution in [0.1, 0.15) is 12.0 Å². The van der Waals surface area contributed by atoms with Gasteiger partial charge in [-0.3, -0.25) is 9.59 Å². The molecule has 0 bridgehead atoms. The molecule has 0 spiro atoms. The van der Waals surface area contributed by atoms with Crippen molar-refractivity contribution in [2.75, 3.05) is 33.7 Å². The van der Waals surface area contributed by atoms with Gasteiger partial charge in [0.1, 0.15) is 6.04 Å². The SMILES string of the molecule is CN(C)CCN1CC(C(=O)N[C@H](Cc2ccccc2)C(=O)O)CC1=O. The summed E-state index contributed by atoms with van der Waals surface area (Å²) in [6, 6.07) is 8.15. The molecule has 1 heterocycles. The highest BCUT2D eigenvalue weighted by atomic mass is 16.4. The summed E-state index contributed by atoms with van der Waals surface area (Å²) in [7, 11) is 3.84. The molecule has 136 valence electrons. The van der Waals surface area contributed by atoms with Crippen molar-refractivity contribution in [3.63, 3.8) is 0 Å². The Bertz CT molecular complexity index is 618. The lowest BCUT2D eigenvalue weighted by Gasteiger charge is -2.20. The normalized spacial score (nSPS) is 18.4. The maximum Gasteiger partial charge on any atom is 0.326 e. The van der Waals surface area contributed by atoms with E-state index < -0.39 is 17.9 Å². The first-order chi connectivity index (χ1) is 11.9. The number of hydrogen-bond donors (Lipinski definition) is 2. The van der Waals surface area contributed by atoms with Gasteiger partial charge in [0, 0.05) is 32.5 Å². The molecule has 1 aromatic rings. The third-order valence-electron chi connectivity index (χ3n) is 4.30. The molecule has 2 amide bonds. The van der Waals surface area contributed by atoms with Crippen molar-refractivity contribution >= 4 is 17.8 Å². The standard InChI is InChI=1S/C18H25N3O4/c1-20(2)8-9-21-12-14(11-16(21)22)17(23)19-15(18(24)25)10-13-6-4-3-5-7-13/h3-7,14-15H,8-12H2,1-2H3,(H,19,23)(H,24,25)/t14?,15-/m1/s1. The number of aliphatic carboxylic acids is 1. The molecule has 1 saturated heterocycles. The van der Waals surface area contributed by atoms with Crippen LogP contribution in [0, 0.1) is 5.92 Å². The number of carbonyl (C=O) groups excluding carboxylic acids is 2. The van der Waals surface area contributed by atoms with Crippen LogP contribution in [0.4, 0.5) is 0 Å². The first-order valence-electron chi connectivity index (χ1n) is 8.36. The molecule has 0 saturated carbocycles. The number of carbonyl (C=O) groups is 3. The van der Waals surface area contributed by atoms with E-state index in [0.29, 0.717) is 13.1 Å². The Morgan fingerprint density at radius 1 is 1.32 bits per heavy atom. The lowest BCUT2D eigenvalue weighted by atomic mass is 10.0. The lowest BCUT2D eigenvalue weighted by Crippen LogP contribution is -2.45. The average Bonchev–Trinajstić information content (AvgIpc) is 2.94. The molecule has 2 atom stereocenters. The number of carboxylic acid groups (broad SMARTS) is 1. The fraction of sp³-hybridized carbons (Fsp3) is 0.500. The molecule has 1 aromatic carbocycles. The summed E-state index contributed by atoms with van der Waals surface area (Å²) in [6.07, 6.45) is 0.351. The second-order valence-electron chi connectivity index (χ2n) is 6.63. The average molecular weight is 347 g/mol. The van der Waals surface area contributed by atoms with Crippen LogP contribution in [0.15, 0.2) is 30.3 Å². The van der Waals surface area contributed by atoms with Gasteiger partial charge in [-0.05, 0) is 19.7 Å². The number of nitrogens with one attached hydrogen (secondary N) is 1. The highest BCUT2D eigenvalue weighted by Gasteiger charge is 2.35. The molecular weight excluding hydrogens is 322 g/mol. The third-order valence-corrected chi connectivity index (χ3v) is 4.30. The second-order valence-corrected chi connectivity index (χ2v) is 6.63. The Morgan fingerprint density at radius 2 is 2.00 bits per heavy atom. The summed E-state index contributed by atoms with van der Waals surface area (Å²) in [4.78, 5) is 39.5. The molecule has 25 heavy (non-hydrogen) atoms. The van der Waals surface area contributed by atoms with Crippen molar-refractivity contribution in [2.24, 2.45) is 5.92 Å². The van der Waals surface area contributed by atoms with E-state index >= 15 is 0 Å². The summed E-state index contributed by atoms with van der Waals surface area (Å²) in [5, 5.41) is 12.0. The third kappa shape index (κ3) is 5.56. The summed E-state index contributed by atoms with van der Waals surface area (Å²) in [5.41, 5.74) is 0.838. The van der Waals surface area contributed by atoms with Crippen LogP contribution < -0.4 is 5.32 Å². The predicted molar refractivity (Wildman–Crippen MR) is 93.0 cm³/mol. The molecule has 1 fully saturated rings. The van der Waals surface area contributed by atoms with E-state index in [4.69, 9.17) is 0 Å².